The lowest BCUT2D eigenvalue weighted by atomic mass is 10.1. The van der Waals surface area contributed by atoms with Gasteiger partial charge < -0.3 is 5.11 Å². The highest BCUT2D eigenvalue weighted by molar-refractivity contribution is 7.71. The Labute approximate surface area is 132 Å². The summed E-state index contributed by atoms with van der Waals surface area (Å²) in [6.45, 7) is 2.03. The number of nitrogens with zero attached hydrogens (tertiary/aromatic N) is 3. The molecule has 0 fully saturated rings. The van der Waals surface area contributed by atoms with Crippen molar-refractivity contribution in [1.82, 2.24) is 14.9 Å². The molecule has 0 aliphatic carbocycles. The number of aromatic amines is 1. The van der Waals surface area contributed by atoms with Gasteiger partial charge in [0.05, 0.1) is 6.21 Å². The Bertz CT molecular complexity index is 860. The second-order valence-electron chi connectivity index (χ2n) is 4.87. The predicted octanol–water partition coefficient (Wildman–Crippen LogP) is 3.50. The second kappa shape index (κ2) is 5.95. The normalized spacial score (nSPS) is 11.1. The summed E-state index contributed by atoms with van der Waals surface area (Å²) < 4.78 is 2.00. The van der Waals surface area contributed by atoms with E-state index >= 15 is 0 Å². The Morgan fingerprint density at radius 2 is 1.82 bits per heavy atom. The van der Waals surface area contributed by atoms with Crippen LogP contribution in [-0.2, 0) is 0 Å². The number of hydrogen-bond donors (Lipinski definition) is 2. The molecule has 1 heterocycles. The third-order valence-electron chi connectivity index (χ3n) is 3.18. The minimum Gasteiger partial charge on any atom is -0.508 e. The molecule has 0 aliphatic rings. The molecule has 2 aromatic carbocycles. The van der Waals surface area contributed by atoms with Crippen molar-refractivity contribution in [3.8, 4) is 17.1 Å². The van der Waals surface area contributed by atoms with Crippen molar-refractivity contribution in [2.75, 3.05) is 0 Å². The molecular formula is C16H14N4OS. The van der Waals surface area contributed by atoms with Crippen LogP contribution < -0.4 is 0 Å². The molecule has 0 aliphatic heterocycles. The first-order valence-electron chi connectivity index (χ1n) is 6.71. The predicted molar refractivity (Wildman–Crippen MR) is 88.7 cm³/mol. The highest BCUT2D eigenvalue weighted by atomic mass is 32.1. The standard InChI is InChI=1S/C16H14N4OS/c1-11-2-6-13(7-3-11)15-18-19-16(22)20(15)17-10-12-4-8-14(21)9-5-12/h2-10,21H,1H3,(H,19,22). The van der Waals surface area contributed by atoms with Crippen molar-refractivity contribution >= 4 is 18.4 Å². The maximum atomic E-state index is 9.29. The zero-order valence-corrected chi connectivity index (χ0v) is 12.7. The van der Waals surface area contributed by atoms with Gasteiger partial charge in [0.1, 0.15) is 5.75 Å². The molecule has 110 valence electrons. The van der Waals surface area contributed by atoms with Gasteiger partial charge in [-0.25, -0.2) is 5.10 Å². The van der Waals surface area contributed by atoms with Crippen molar-refractivity contribution in [3.63, 3.8) is 0 Å². The zero-order valence-electron chi connectivity index (χ0n) is 11.9. The average Bonchev–Trinajstić information content (AvgIpc) is 2.89. The fraction of sp³-hybridized carbons (Fsp3) is 0.0625. The van der Waals surface area contributed by atoms with Crippen LogP contribution in [0.25, 0.3) is 11.4 Å². The molecular weight excluding hydrogens is 296 g/mol. The van der Waals surface area contributed by atoms with E-state index in [0.717, 1.165) is 11.1 Å². The highest BCUT2D eigenvalue weighted by Gasteiger charge is 2.07. The van der Waals surface area contributed by atoms with Crippen LogP contribution >= 0.6 is 12.2 Å². The molecule has 0 saturated heterocycles. The summed E-state index contributed by atoms with van der Waals surface area (Å²) >= 11 is 5.23. The van der Waals surface area contributed by atoms with Gasteiger partial charge in [-0.05, 0) is 49.0 Å². The van der Waals surface area contributed by atoms with Crippen molar-refractivity contribution in [2.24, 2.45) is 5.10 Å². The van der Waals surface area contributed by atoms with Gasteiger partial charge >= 0.3 is 0 Å². The Morgan fingerprint density at radius 1 is 1.14 bits per heavy atom. The first-order chi connectivity index (χ1) is 10.6. The van der Waals surface area contributed by atoms with E-state index in [-0.39, 0.29) is 5.75 Å². The van der Waals surface area contributed by atoms with Gasteiger partial charge in [-0.3, -0.25) is 0 Å². The molecule has 6 heteroatoms. The maximum absolute atomic E-state index is 9.29. The summed E-state index contributed by atoms with van der Waals surface area (Å²) in [4.78, 5) is 0. The number of rotatable bonds is 3. The largest absolute Gasteiger partial charge is 0.508 e. The Kier molecular flexibility index (Phi) is 3.84. The number of phenols is 1. The molecule has 3 rings (SSSR count). The van der Waals surface area contributed by atoms with E-state index in [1.165, 1.54) is 5.56 Å². The van der Waals surface area contributed by atoms with E-state index in [4.69, 9.17) is 12.2 Å². The lowest BCUT2D eigenvalue weighted by Gasteiger charge is -2.01. The molecule has 0 spiro atoms. The van der Waals surface area contributed by atoms with Gasteiger partial charge in [0.15, 0.2) is 5.82 Å². The topological polar surface area (TPSA) is 66.2 Å². The van der Waals surface area contributed by atoms with Crippen molar-refractivity contribution in [2.45, 2.75) is 6.92 Å². The molecule has 22 heavy (non-hydrogen) atoms. The van der Waals surface area contributed by atoms with Crippen molar-refractivity contribution in [1.29, 1.82) is 0 Å². The van der Waals surface area contributed by atoms with Crippen molar-refractivity contribution in [3.05, 3.63) is 64.4 Å². The Morgan fingerprint density at radius 3 is 2.50 bits per heavy atom. The fourth-order valence-electron chi connectivity index (χ4n) is 1.97. The van der Waals surface area contributed by atoms with Gasteiger partial charge in [-0.15, -0.1) is 0 Å². The summed E-state index contributed by atoms with van der Waals surface area (Å²) in [6.07, 6.45) is 1.67. The van der Waals surface area contributed by atoms with Gasteiger partial charge in [-0.1, -0.05) is 29.8 Å². The summed E-state index contributed by atoms with van der Waals surface area (Å²) in [5, 5.41) is 20.7. The molecule has 1 aromatic heterocycles. The summed E-state index contributed by atoms with van der Waals surface area (Å²) in [7, 11) is 0. The van der Waals surface area contributed by atoms with E-state index in [1.54, 1.807) is 35.2 Å². The van der Waals surface area contributed by atoms with E-state index < -0.39 is 0 Å². The minimum absolute atomic E-state index is 0.220. The van der Waals surface area contributed by atoms with Crippen LogP contribution in [0.15, 0.2) is 53.6 Å². The average molecular weight is 310 g/mol. The Hall–Kier alpha value is -2.73. The molecule has 3 aromatic rings. The van der Waals surface area contributed by atoms with E-state index in [2.05, 4.69) is 15.3 Å². The Balaban J connectivity index is 1.97. The molecule has 0 bridgehead atoms. The minimum atomic E-state index is 0.220. The highest BCUT2D eigenvalue weighted by Crippen LogP contribution is 2.18. The fourth-order valence-corrected chi connectivity index (χ4v) is 2.15. The number of benzene rings is 2. The van der Waals surface area contributed by atoms with E-state index in [1.807, 2.05) is 31.2 Å². The van der Waals surface area contributed by atoms with Gasteiger partial charge in [0.25, 0.3) is 0 Å². The van der Waals surface area contributed by atoms with Crippen LogP contribution in [0.1, 0.15) is 11.1 Å². The van der Waals surface area contributed by atoms with Crippen LogP contribution in [0.5, 0.6) is 5.75 Å². The van der Waals surface area contributed by atoms with Crippen LogP contribution in [0.2, 0.25) is 0 Å². The summed E-state index contributed by atoms with van der Waals surface area (Å²) in [5.41, 5.74) is 2.97. The number of phenolic OH excluding ortho intramolecular Hbond substituents is 1. The summed E-state index contributed by atoms with van der Waals surface area (Å²) in [6, 6.07) is 14.7. The molecule has 5 nitrogen and oxygen atoms in total. The lowest BCUT2D eigenvalue weighted by molar-refractivity contribution is 0.475. The second-order valence-corrected chi connectivity index (χ2v) is 5.25. The van der Waals surface area contributed by atoms with Crippen LogP contribution in [0, 0.1) is 11.7 Å². The SMILES string of the molecule is Cc1ccc(-c2n[nH]c(=S)n2N=Cc2ccc(O)cc2)cc1. The van der Waals surface area contributed by atoms with Gasteiger partial charge in [0.2, 0.25) is 4.77 Å². The van der Waals surface area contributed by atoms with Crippen LogP contribution in [-0.4, -0.2) is 26.2 Å². The lowest BCUT2D eigenvalue weighted by Crippen LogP contribution is -1.95. The molecule has 0 radical (unpaired) electrons. The third kappa shape index (κ3) is 2.96. The maximum Gasteiger partial charge on any atom is 0.216 e. The van der Waals surface area contributed by atoms with Gasteiger partial charge in [0, 0.05) is 5.56 Å². The molecule has 0 atom stereocenters. The van der Waals surface area contributed by atoms with Crippen LogP contribution in [0.4, 0.5) is 0 Å². The first kappa shape index (κ1) is 14.2. The number of hydrogen-bond acceptors (Lipinski definition) is 4. The number of H-pyrrole nitrogens is 1. The van der Waals surface area contributed by atoms with Gasteiger partial charge in [-0.2, -0.15) is 14.9 Å². The molecule has 0 unspecified atom stereocenters. The van der Waals surface area contributed by atoms with Crippen molar-refractivity contribution < 1.29 is 5.11 Å². The smallest absolute Gasteiger partial charge is 0.216 e. The number of nitrogens with one attached hydrogen (secondary N) is 1. The number of aromatic nitrogens is 3. The third-order valence-corrected chi connectivity index (χ3v) is 3.44. The number of aromatic hydroxyl groups is 1. The van der Waals surface area contributed by atoms with Crippen LogP contribution in [0.3, 0.4) is 0 Å². The molecule has 0 saturated carbocycles. The first-order valence-corrected chi connectivity index (χ1v) is 7.12. The van der Waals surface area contributed by atoms with E-state index in [9.17, 15) is 5.11 Å². The summed E-state index contributed by atoms with van der Waals surface area (Å²) in [5.74, 6) is 0.873. The monoisotopic (exact) mass is 310 g/mol. The zero-order chi connectivity index (χ0) is 15.5. The quantitative estimate of drug-likeness (QED) is 0.575. The molecule has 0 amide bonds. The van der Waals surface area contributed by atoms with E-state index in [0.29, 0.717) is 10.6 Å². The number of aryl methyl sites for hydroxylation is 1. The molecule has 2 N–H and O–H groups in total.